The standard InChI is InChI=1S/C13H20O/c1-9(2)12(5)14-13-8-10(3)6-7-11(13)4/h6-9,12H,1-5H3. The summed E-state index contributed by atoms with van der Waals surface area (Å²) in [5, 5.41) is 0. The van der Waals surface area contributed by atoms with Gasteiger partial charge in [0.25, 0.3) is 0 Å². The largest absolute Gasteiger partial charge is 0.490 e. The number of ether oxygens (including phenoxy) is 1. The Morgan fingerprint density at radius 3 is 2.29 bits per heavy atom. The molecule has 1 aromatic carbocycles. The van der Waals surface area contributed by atoms with Gasteiger partial charge in [-0.2, -0.15) is 0 Å². The maximum absolute atomic E-state index is 5.89. The molecule has 0 fully saturated rings. The summed E-state index contributed by atoms with van der Waals surface area (Å²) in [6, 6.07) is 6.33. The molecule has 1 heteroatoms. The molecular formula is C13H20O. The molecule has 0 radical (unpaired) electrons. The summed E-state index contributed by atoms with van der Waals surface area (Å²) in [5.41, 5.74) is 2.46. The van der Waals surface area contributed by atoms with Crippen molar-refractivity contribution < 1.29 is 4.74 Å². The van der Waals surface area contributed by atoms with Crippen molar-refractivity contribution in [2.75, 3.05) is 0 Å². The molecule has 0 N–H and O–H groups in total. The Kier molecular flexibility index (Phi) is 3.56. The first-order valence-electron chi connectivity index (χ1n) is 5.24. The van der Waals surface area contributed by atoms with Crippen LogP contribution in [0, 0.1) is 19.8 Å². The van der Waals surface area contributed by atoms with Crippen molar-refractivity contribution in [1.29, 1.82) is 0 Å². The minimum Gasteiger partial charge on any atom is -0.490 e. The third-order valence-corrected chi connectivity index (χ3v) is 2.60. The molecule has 0 heterocycles. The first-order valence-corrected chi connectivity index (χ1v) is 5.24. The van der Waals surface area contributed by atoms with Gasteiger partial charge in [-0.15, -0.1) is 0 Å². The quantitative estimate of drug-likeness (QED) is 0.709. The lowest BCUT2D eigenvalue weighted by molar-refractivity contribution is 0.169. The van der Waals surface area contributed by atoms with E-state index in [1.165, 1.54) is 11.1 Å². The highest BCUT2D eigenvalue weighted by Crippen LogP contribution is 2.22. The normalized spacial score (nSPS) is 13.0. The summed E-state index contributed by atoms with van der Waals surface area (Å²) in [5.74, 6) is 1.57. The van der Waals surface area contributed by atoms with Crippen molar-refractivity contribution in [3.8, 4) is 5.75 Å². The first-order chi connectivity index (χ1) is 6.50. The number of benzene rings is 1. The zero-order valence-electron chi connectivity index (χ0n) is 9.79. The van der Waals surface area contributed by atoms with Crippen molar-refractivity contribution >= 4 is 0 Å². The molecule has 14 heavy (non-hydrogen) atoms. The number of hydrogen-bond donors (Lipinski definition) is 0. The molecule has 0 spiro atoms. The van der Waals surface area contributed by atoms with Gasteiger partial charge in [-0.25, -0.2) is 0 Å². The van der Waals surface area contributed by atoms with E-state index in [9.17, 15) is 0 Å². The van der Waals surface area contributed by atoms with E-state index >= 15 is 0 Å². The molecule has 0 amide bonds. The van der Waals surface area contributed by atoms with Crippen molar-refractivity contribution in [3.63, 3.8) is 0 Å². The van der Waals surface area contributed by atoms with Crippen LogP contribution in [0.3, 0.4) is 0 Å². The molecule has 1 rings (SSSR count). The van der Waals surface area contributed by atoms with Crippen LogP contribution in [0.1, 0.15) is 31.9 Å². The average molecular weight is 192 g/mol. The molecular weight excluding hydrogens is 172 g/mol. The fraction of sp³-hybridized carbons (Fsp3) is 0.538. The maximum atomic E-state index is 5.89. The fourth-order valence-electron chi connectivity index (χ4n) is 1.17. The predicted octanol–water partition coefficient (Wildman–Crippen LogP) is 3.73. The highest BCUT2D eigenvalue weighted by molar-refractivity contribution is 5.36. The van der Waals surface area contributed by atoms with Gasteiger partial charge in [-0.05, 0) is 43.9 Å². The summed E-state index contributed by atoms with van der Waals surface area (Å²) >= 11 is 0. The summed E-state index contributed by atoms with van der Waals surface area (Å²) in [4.78, 5) is 0. The number of hydrogen-bond acceptors (Lipinski definition) is 1. The van der Waals surface area contributed by atoms with Crippen LogP contribution in [-0.2, 0) is 0 Å². The SMILES string of the molecule is Cc1ccc(C)c(OC(C)C(C)C)c1. The van der Waals surface area contributed by atoms with E-state index in [0.29, 0.717) is 5.92 Å². The topological polar surface area (TPSA) is 9.23 Å². The Hall–Kier alpha value is -0.980. The van der Waals surface area contributed by atoms with Gasteiger partial charge in [-0.1, -0.05) is 26.0 Å². The first kappa shape index (κ1) is 11.1. The van der Waals surface area contributed by atoms with Gasteiger partial charge in [-0.3, -0.25) is 0 Å². The van der Waals surface area contributed by atoms with Gasteiger partial charge in [0.15, 0.2) is 0 Å². The zero-order valence-corrected chi connectivity index (χ0v) is 9.79. The molecule has 78 valence electrons. The zero-order chi connectivity index (χ0) is 10.7. The van der Waals surface area contributed by atoms with E-state index in [4.69, 9.17) is 4.74 Å². The van der Waals surface area contributed by atoms with Crippen molar-refractivity contribution in [2.24, 2.45) is 5.92 Å². The van der Waals surface area contributed by atoms with Gasteiger partial charge in [0.1, 0.15) is 5.75 Å². The van der Waals surface area contributed by atoms with Crippen molar-refractivity contribution in [1.82, 2.24) is 0 Å². The van der Waals surface area contributed by atoms with Gasteiger partial charge < -0.3 is 4.74 Å². The molecule has 1 aromatic rings. The van der Waals surface area contributed by atoms with E-state index in [-0.39, 0.29) is 6.10 Å². The smallest absolute Gasteiger partial charge is 0.122 e. The minimum atomic E-state index is 0.274. The lowest BCUT2D eigenvalue weighted by Crippen LogP contribution is -2.19. The molecule has 1 atom stereocenters. The average Bonchev–Trinajstić information content (AvgIpc) is 2.11. The second-order valence-electron chi connectivity index (χ2n) is 4.34. The van der Waals surface area contributed by atoms with Crippen molar-refractivity contribution in [2.45, 2.75) is 40.7 Å². The molecule has 0 bridgehead atoms. The monoisotopic (exact) mass is 192 g/mol. The van der Waals surface area contributed by atoms with Crippen LogP contribution in [-0.4, -0.2) is 6.10 Å². The lowest BCUT2D eigenvalue weighted by atomic mass is 10.1. The van der Waals surface area contributed by atoms with E-state index in [1.54, 1.807) is 0 Å². The molecule has 0 aliphatic carbocycles. The third-order valence-electron chi connectivity index (χ3n) is 2.60. The summed E-state index contributed by atoms with van der Waals surface area (Å²) < 4.78 is 5.89. The Bertz CT molecular complexity index is 302. The highest BCUT2D eigenvalue weighted by Gasteiger charge is 2.09. The molecule has 0 aliphatic rings. The lowest BCUT2D eigenvalue weighted by Gasteiger charge is -2.19. The minimum absolute atomic E-state index is 0.274. The van der Waals surface area contributed by atoms with E-state index in [1.807, 2.05) is 0 Å². The summed E-state index contributed by atoms with van der Waals surface area (Å²) in [6.07, 6.45) is 0.274. The Labute approximate surface area is 87.1 Å². The van der Waals surface area contributed by atoms with Crippen LogP contribution in [0.25, 0.3) is 0 Å². The third kappa shape index (κ3) is 2.76. The van der Waals surface area contributed by atoms with Crippen LogP contribution in [0.15, 0.2) is 18.2 Å². The Morgan fingerprint density at radius 2 is 1.71 bits per heavy atom. The molecule has 0 aliphatic heterocycles. The van der Waals surface area contributed by atoms with Crippen molar-refractivity contribution in [3.05, 3.63) is 29.3 Å². The van der Waals surface area contributed by atoms with Crippen LogP contribution < -0.4 is 4.74 Å². The Morgan fingerprint density at radius 1 is 1.07 bits per heavy atom. The van der Waals surface area contributed by atoms with Gasteiger partial charge in [0, 0.05) is 0 Å². The van der Waals surface area contributed by atoms with Crippen LogP contribution in [0.2, 0.25) is 0 Å². The van der Waals surface area contributed by atoms with E-state index < -0.39 is 0 Å². The summed E-state index contributed by atoms with van der Waals surface area (Å²) in [7, 11) is 0. The van der Waals surface area contributed by atoms with Crippen LogP contribution in [0.5, 0.6) is 5.75 Å². The second kappa shape index (κ2) is 4.50. The van der Waals surface area contributed by atoms with Crippen LogP contribution in [0.4, 0.5) is 0 Å². The fourth-order valence-corrected chi connectivity index (χ4v) is 1.17. The number of rotatable bonds is 3. The van der Waals surface area contributed by atoms with E-state index in [2.05, 4.69) is 52.8 Å². The molecule has 0 saturated heterocycles. The maximum Gasteiger partial charge on any atom is 0.122 e. The molecule has 1 unspecified atom stereocenters. The van der Waals surface area contributed by atoms with Crippen LogP contribution >= 0.6 is 0 Å². The second-order valence-corrected chi connectivity index (χ2v) is 4.34. The van der Waals surface area contributed by atoms with Gasteiger partial charge >= 0.3 is 0 Å². The summed E-state index contributed by atoms with van der Waals surface area (Å²) in [6.45, 7) is 10.6. The van der Waals surface area contributed by atoms with Gasteiger partial charge in [0.05, 0.1) is 6.10 Å². The predicted molar refractivity (Wildman–Crippen MR) is 60.8 cm³/mol. The molecule has 1 nitrogen and oxygen atoms in total. The highest BCUT2D eigenvalue weighted by atomic mass is 16.5. The number of aryl methyl sites for hydroxylation is 2. The van der Waals surface area contributed by atoms with E-state index in [0.717, 1.165) is 5.75 Å². The van der Waals surface area contributed by atoms with Gasteiger partial charge in [0.2, 0.25) is 0 Å². The molecule has 0 saturated carbocycles. The molecule has 0 aromatic heterocycles. The Balaban J connectivity index is 2.80.